The molecular weight excluding hydrogens is 273 g/mol. The molecule has 2 aromatic rings. The summed E-state index contributed by atoms with van der Waals surface area (Å²) in [5.41, 5.74) is 0.746. The molecule has 0 atom stereocenters. The second-order valence-corrected chi connectivity index (χ2v) is 4.03. The minimum Gasteiger partial charge on any atom is -0.192 e. The van der Waals surface area contributed by atoms with Crippen LogP contribution in [0.25, 0.3) is 10.8 Å². The summed E-state index contributed by atoms with van der Waals surface area (Å²) in [5.74, 6) is 0. The largest absolute Gasteiger partial charge is 0.192 e. The van der Waals surface area contributed by atoms with Crippen molar-refractivity contribution in [1.29, 1.82) is 5.26 Å². The van der Waals surface area contributed by atoms with Crippen LogP contribution >= 0.6 is 22.6 Å². The van der Waals surface area contributed by atoms with E-state index in [1.807, 2.05) is 36.4 Å². The molecule has 1 nitrogen and oxygen atoms in total. The van der Waals surface area contributed by atoms with Gasteiger partial charge in [-0.25, -0.2) is 0 Å². The zero-order valence-electron chi connectivity index (χ0n) is 6.79. The normalized spacial score (nSPS) is 9.85. The summed E-state index contributed by atoms with van der Waals surface area (Å²) in [6.07, 6.45) is 0. The van der Waals surface area contributed by atoms with Gasteiger partial charge in [0.15, 0.2) is 0 Å². The predicted molar refractivity (Wildman–Crippen MR) is 61.4 cm³/mol. The topological polar surface area (TPSA) is 23.8 Å². The molecule has 2 rings (SSSR count). The monoisotopic (exact) mass is 279 g/mol. The molecule has 2 heteroatoms. The molecular formula is C11H6IN. The summed E-state index contributed by atoms with van der Waals surface area (Å²) < 4.78 is 1.16. The van der Waals surface area contributed by atoms with Gasteiger partial charge in [-0.1, -0.05) is 18.2 Å². The molecule has 0 amide bonds. The maximum absolute atomic E-state index is 8.87. The average molecular weight is 279 g/mol. The summed E-state index contributed by atoms with van der Waals surface area (Å²) in [7, 11) is 0. The molecule has 13 heavy (non-hydrogen) atoms. The van der Waals surface area contributed by atoms with Crippen LogP contribution in [0.2, 0.25) is 0 Å². The van der Waals surface area contributed by atoms with Crippen LogP contribution in [-0.4, -0.2) is 0 Å². The smallest absolute Gasteiger partial charge is 0.0998 e. The van der Waals surface area contributed by atoms with Crippen LogP contribution in [0.3, 0.4) is 0 Å². The molecule has 0 bridgehead atoms. The highest BCUT2D eigenvalue weighted by atomic mass is 127. The average Bonchev–Trinajstić information content (AvgIpc) is 2.17. The van der Waals surface area contributed by atoms with Crippen molar-refractivity contribution in [2.24, 2.45) is 0 Å². The second-order valence-electron chi connectivity index (χ2n) is 2.78. The number of halogens is 1. The van der Waals surface area contributed by atoms with E-state index < -0.39 is 0 Å². The van der Waals surface area contributed by atoms with E-state index in [0.29, 0.717) is 0 Å². The minimum atomic E-state index is 0.746. The summed E-state index contributed by atoms with van der Waals surface area (Å²) in [6, 6.07) is 14.1. The van der Waals surface area contributed by atoms with E-state index in [0.717, 1.165) is 19.9 Å². The van der Waals surface area contributed by atoms with Gasteiger partial charge in [0.1, 0.15) is 0 Å². The minimum absolute atomic E-state index is 0.746. The summed E-state index contributed by atoms with van der Waals surface area (Å²) in [5, 5.41) is 11.0. The Bertz CT molecular complexity index is 497. The van der Waals surface area contributed by atoms with Gasteiger partial charge in [-0.05, 0) is 46.2 Å². The fourth-order valence-corrected chi connectivity index (χ4v) is 1.83. The molecule has 0 aliphatic heterocycles. The summed E-state index contributed by atoms with van der Waals surface area (Å²) in [4.78, 5) is 0. The maximum Gasteiger partial charge on any atom is 0.0998 e. The van der Waals surface area contributed by atoms with Crippen LogP contribution in [-0.2, 0) is 0 Å². The molecule has 0 fully saturated rings. The van der Waals surface area contributed by atoms with Crippen molar-refractivity contribution in [2.75, 3.05) is 0 Å². The lowest BCUT2D eigenvalue weighted by Gasteiger charge is -1.99. The van der Waals surface area contributed by atoms with Crippen LogP contribution in [0.1, 0.15) is 5.56 Å². The SMILES string of the molecule is N#Cc1cccc2ccc(I)cc12. The predicted octanol–water partition coefficient (Wildman–Crippen LogP) is 3.32. The lowest BCUT2D eigenvalue weighted by Crippen LogP contribution is -1.80. The zero-order valence-corrected chi connectivity index (χ0v) is 8.95. The van der Waals surface area contributed by atoms with E-state index in [9.17, 15) is 0 Å². The van der Waals surface area contributed by atoms with Gasteiger partial charge in [0, 0.05) is 8.96 Å². The highest BCUT2D eigenvalue weighted by Crippen LogP contribution is 2.20. The first-order valence-electron chi connectivity index (χ1n) is 3.89. The van der Waals surface area contributed by atoms with Crippen LogP contribution in [0, 0.1) is 14.9 Å². The molecule has 0 saturated heterocycles. The number of nitriles is 1. The van der Waals surface area contributed by atoms with Crippen LogP contribution in [0.5, 0.6) is 0 Å². The molecule has 0 spiro atoms. The number of hydrogen-bond acceptors (Lipinski definition) is 1. The van der Waals surface area contributed by atoms with Crippen molar-refractivity contribution in [1.82, 2.24) is 0 Å². The Morgan fingerprint density at radius 2 is 2.00 bits per heavy atom. The Balaban J connectivity index is 2.89. The van der Waals surface area contributed by atoms with Gasteiger partial charge >= 0.3 is 0 Å². The van der Waals surface area contributed by atoms with Crippen molar-refractivity contribution in [2.45, 2.75) is 0 Å². The van der Waals surface area contributed by atoms with Gasteiger partial charge in [0.05, 0.1) is 11.6 Å². The highest BCUT2D eigenvalue weighted by molar-refractivity contribution is 14.1. The van der Waals surface area contributed by atoms with Crippen molar-refractivity contribution in [3.05, 3.63) is 45.5 Å². The third-order valence-corrected chi connectivity index (χ3v) is 2.64. The molecule has 0 unspecified atom stereocenters. The van der Waals surface area contributed by atoms with Gasteiger partial charge < -0.3 is 0 Å². The van der Waals surface area contributed by atoms with E-state index in [-0.39, 0.29) is 0 Å². The molecule has 62 valence electrons. The molecule has 0 aliphatic carbocycles. The lowest BCUT2D eigenvalue weighted by molar-refractivity contribution is 1.50. The third-order valence-electron chi connectivity index (χ3n) is 1.96. The van der Waals surface area contributed by atoms with E-state index in [2.05, 4.69) is 28.7 Å². The molecule has 0 radical (unpaired) electrons. The summed E-state index contributed by atoms with van der Waals surface area (Å²) in [6.45, 7) is 0. The number of fused-ring (bicyclic) bond motifs is 1. The maximum atomic E-state index is 8.87. The second kappa shape index (κ2) is 3.35. The number of nitrogens with zero attached hydrogens (tertiary/aromatic N) is 1. The van der Waals surface area contributed by atoms with Crippen molar-refractivity contribution >= 4 is 33.4 Å². The van der Waals surface area contributed by atoms with Gasteiger partial charge in [0.2, 0.25) is 0 Å². The van der Waals surface area contributed by atoms with E-state index in [1.165, 1.54) is 0 Å². The first-order valence-corrected chi connectivity index (χ1v) is 4.97. The van der Waals surface area contributed by atoms with E-state index >= 15 is 0 Å². The van der Waals surface area contributed by atoms with E-state index in [1.54, 1.807) is 0 Å². The quantitative estimate of drug-likeness (QED) is 0.679. The van der Waals surface area contributed by atoms with Crippen LogP contribution in [0.15, 0.2) is 36.4 Å². The first-order chi connectivity index (χ1) is 6.31. The Morgan fingerprint density at radius 3 is 2.77 bits per heavy atom. The van der Waals surface area contributed by atoms with Crippen LogP contribution < -0.4 is 0 Å². The zero-order chi connectivity index (χ0) is 9.26. The Kier molecular flexibility index (Phi) is 2.19. The molecule has 2 aromatic carbocycles. The summed E-state index contributed by atoms with van der Waals surface area (Å²) >= 11 is 2.25. The molecule has 0 heterocycles. The standard InChI is InChI=1S/C11H6IN/c12-10-5-4-8-2-1-3-9(7-13)11(8)6-10/h1-6H. The van der Waals surface area contributed by atoms with Gasteiger partial charge in [-0.15, -0.1) is 0 Å². The molecule has 0 saturated carbocycles. The fourth-order valence-electron chi connectivity index (χ4n) is 1.34. The highest BCUT2D eigenvalue weighted by Gasteiger charge is 1.99. The molecule has 0 aromatic heterocycles. The van der Waals surface area contributed by atoms with Gasteiger partial charge in [0.25, 0.3) is 0 Å². The van der Waals surface area contributed by atoms with E-state index in [4.69, 9.17) is 5.26 Å². The van der Waals surface area contributed by atoms with Crippen LogP contribution in [0.4, 0.5) is 0 Å². The molecule has 0 N–H and O–H groups in total. The molecule has 0 aliphatic rings. The lowest BCUT2D eigenvalue weighted by atomic mass is 10.1. The fraction of sp³-hybridized carbons (Fsp3) is 0. The Labute approximate surface area is 90.1 Å². The first kappa shape index (κ1) is 8.52. The van der Waals surface area contributed by atoms with Gasteiger partial charge in [-0.2, -0.15) is 5.26 Å². The number of benzene rings is 2. The Morgan fingerprint density at radius 1 is 1.15 bits per heavy atom. The number of rotatable bonds is 0. The Hall–Kier alpha value is -1.08. The van der Waals surface area contributed by atoms with Crippen molar-refractivity contribution in [3.8, 4) is 6.07 Å². The van der Waals surface area contributed by atoms with Crippen molar-refractivity contribution in [3.63, 3.8) is 0 Å². The third kappa shape index (κ3) is 1.52. The number of hydrogen-bond donors (Lipinski definition) is 0. The van der Waals surface area contributed by atoms with Gasteiger partial charge in [-0.3, -0.25) is 0 Å². The van der Waals surface area contributed by atoms with Crippen molar-refractivity contribution < 1.29 is 0 Å².